The minimum atomic E-state index is -4.42. The molecule has 0 unspecified atom stereocenters. The van der Waals surface area contributed by atoms with Crippen molar-refractivity contribution in [2.24, 2.45) is 0 Å². The molecule has 1 heterocycles. The van der Waals surface area contributed by atoms with Crippen LogP contribution in [0.2, 0.25) is 0 Å². The lowest BCUT2D eigenvalue weighted by Gasteiger charge is -2.09. The second kappa shape index (κ2) is 5.38. The van der Waals surface area contributed by atoms with Crippen LogP contribution in [-0.2, 0) is 12.7 Å². The molecule has 23 heavy (non-hydrogen) atoms. The zero-order valence-electron chi connectivity index (χ0n) is 11.6. The molecule has 0 aliphatic rings. The number of rotatable bonds is 3. The average Bonchev–Trinajstić information content (AvgIpc) is 2.89. The molecule has 0 atom stereocenters. The Hall–Kier alpha value is -2.90. The zero-order chi connectivity index (χ0) is 16.6. The fourth-order valence-electron chi connectivity index (χ4n) is 2.32. The standard InChI is InChI=1S/C15H10F3N3O2/c16-15(17,18)12-3-1-2-10(6-12)9-20-14-7-13(21(22)23)5-4-11(14)8-19-20/h1-8H,9H2. The second-order valence-electron chi connectivity index (χ2n) is 5.00. The van der Waals surface area contributed by atoms with E-state index >= 15 is 0 Å². The molecular weight excluding hydrogens is 311 g/mol. The third-order valence-corrected chi connectivity index (χ3v) is 3.43. The van der Waals surface area contributed by atoms with Crippen molar-refractivity contribution in [2.45, 2.75) is 12.7 Å². The smallest absolute Gasteiger partial charge is 0.260 e. The second-order valence-corrected chi connectivity index (χ2v) is 5.00. The minimum absolute atomic E-state index is 0.0919. The molecule has 0 radical (unpaired) electrons. The first-order chi connectivity index (χ1) is 10.8. The predicted octanol–water partition coefficient (Wildman–Crippen LogP) is 4.01. The van der Waals surface area contributed by atoms with E-state index in [0.29, 0.717) is 16.5 Å². The van der Waals surface area contributed by atoms with Crippen LogP contribution in [0.15, 0.2) is 48.7 Å². The van der Waals surface area contributed by atoms with Crippen LogP contribution < -0.4 is 0 Å². The van der Waals surface area contributed by atoms with Crippen molar-refractivity contribution in [1.82, 2.24) is 9.78 Å². The Morgan fingerprint density at radius 1 is 1.17 bits per heavy atom. The van der Waals surface area contributed by atoms with E-state index in [2.05, 4.69) is 5.10 Å². The molecule has 2 aromatic carbocycles. The van der Waals surface area contributed by atoms with Crippen LogP contribution in [-0.4, -0.2) is 14.7 Å². The Kier molecular flexibility index (Phi) is 3.51. The lowest BCUT2D eigenvalue weighted by Crippen LogP contribution is -2.07. The molecule has 0 N–H and O–H groups in total. The van der Waals surface area contributed by atoms with Crippen LogP contribution in [0.1, 0.15) is 11.1 Å². The number of hydrogen-bond acceptors (Lipinski definition) is 3. The first kappa shape index (κ1) is 15.0. The number of nitro groups is 1. The van der Waals surface area contributed by atoms with Gasteiger partial charge in [-0.3, -0.25) is 14.8 Å². The van der Waals surface area contributed by atoms with E-state index < -0.39 is 16.7 Å². The lowest BCUT2D eigenvalue weighted by atomic mass is 10.1. The van der Waals surface area contributed by atoms with Crippen LogP contribution >= 0.6 is 0 Å². The molecule has 0 saturated carbocycles. The predicted molar refractivity (Wildman–Crippen MR) is 76.9 cm³/mol. The quantitative estimate of drug-likeness (QED) is 0.541. The highest BCUT2D eigenvalue weighted by molar-refractivity contribution is 5.81. The third-order valence-electron chi connectivity index (χ3n) is 3.43. The number of non-ortho nitro benzene ring substituents is 1. The van der Waals surface area contributed by atoms with E-state index in [9.17, 15) is 23.3 Å². The van der Waals surface area contributed by atoms with Gasteiger partial charge in [0.05, 0.1) is 28.7 Å². The van der Waals surface area contributed by atoms with Gasteiger partial charge in [-0.1, -0.05) is 12.1 Å². The number of aromatic nitrogens is 2. The number of fused-ring (bicyclic) bond motifs is 1. The maximum atomic E-state index is 12.7. The molecular formula is C15H10F3N3O2. The summed E-state index contributed by atoms with van der Waals surface area (Å²) in [7, 11) is 0. The number of benzene rings is 2. The fraction of sp³-hybridized carbons (Fsp3) is 0.133. The summed E-state index contributed by atoms with van der Waals surface area (Å²) in [6.45, 7) is 0.0919. The van der Waals surface area contributed by atoms with Gasteiger partial charge in [0.2, 0.25) is 0 Å². The molecule has 3 rings (SSSR count). The first-order valence-corrected chi connectivity index (χ1v) is 6.61. The van der Waals surface area contributed by atoms with Crippen molar-refractivity contribution in [2.75, 3.05) is 0 Å². The number of nitro benzene ring substituents is 1. The Balaban J connectivity index is 1.99. The van der Waals surface area contributed by atoms with Crippen molar-refractivity contribution in [3.05, 3.63) is 69.9 Å². The minimum Gasteiger partial charge on any atom is -0.260 e. The number of hydrogen-bond donors (Lipinski definition) is 0. The summed E-state index contributed by atoms with van der Waals surface area (Å²) in [6.07, 6.45) is -2.90. The molecule has 0 amide bonds. The molecule has 0 spiro atoms. The molecule has 8 heteroatoms. The highest BCUT2D eigenvalue weighted by Gasteiger charge is 2.30. The Bertz CT molecular complexity index is 887. The van der Waals surface area contributed by atoms with Crippen molar-refractivity contribution in [3.63, 3.8) is 0 Å². The van der Waals surface area contributed by atoms with E-state index in [1.54, 1.807) is 12.1 Å². The number of halogens is 3. The molecule has 0 aliphatic carbocycles. The molecule has 0 fully saturated rings. The molecule has 118 valence electrons. The van der Waals surface area contributed by atoms with Gasteiger partial charge in [0.1, 0.15) is 0 Å². The van der Waals surface area contributed by atoms with E-state index in [-0.39, 0.29) is 12.2 Å². The molecule has 3 aromatic rings. The molecule has 0 aliphatic heterocycles. The third kappa shape index (κ3) is 3.01. The van der Waals surface area contributed by atoms with E-state index in [1.165, 1.54) is 29.1 Å². The van der Waals surface area contributed by atoms with Crippen molar-refractivity contribution in [1.29, 1.82) is 0 Å². The van der Waals surface area contributed by atoms with Crippen LogP contribution in [0.5, 0.6) is 0 Å². The highest BCUT2D eigenvalue weighted by atomic mass is 19.4. The van der Waals surface area contributed by atoms with Crippen molar-refractivity contribution in [3.8, 4) is 0 Å². The van der Waals surface area contributed by atoms with Crippen LogP contribution in [0, 0.1) is 10.1 Å². The SMILES string of the molecule is O=[N+]([O-])c1ccc2cnn(Cc3cccc(C(F)(F)F)c3)c2c1. The number of nitrogens with zero attached hydrogens (tertiary/aromatic N) is 3. The summed E-state index contributed by atoms with van der Waals surface area (Å²) in [5.41, 5.74) is 0.0775. The summed E-state index contributed by atoms with van der Waals surface area (Å²) in [5, 5.41) is 15.6. The zero-order valence-corrected chi connectivity index (χ0v) is 11.6. The summed E-state index contributed by atoms with van der Waals surface area (Å²) in [4.78, 5) is 10.3. The van der Waals surface area contributed by atoms with Crippen LogP contribution in [0.4, 0.5) is 18.9 Å². The first-order valence-electron chi connectivity index (χ1n) is 6.61. The van der Waals surface area contributed by atoms with E-state index in [4.69, 9.17) is 0 Å². The van der Waals surface area contributed by atoms with Gasteiger partial charge in [-0.25, -0.2) is 0 Å². The van der Waals surface area contributed by atoms with E-state index in [0.717, 1.165) is 12.1 Å². The van der Waals surface area contributed by atoms with Gasteiger partial charge in [0.15, 0.2) is 0 Å². The normalized spacial score (nSPS) is 11.8. The Morgan fingerprint density at radius 2 is 1.96 bits per heavy atom. The topological polar surface area (TPSA) is 61.0 Å². The average molecular weight is 321 g/mol. The van der Waals surface area contributed by atoms with Gasteiger partial charge in [-0.15, -0.1) is 0 Å². The lowest BCUT2D eigenvalue weighted by molar-refractivity contribution is -0.384. The molecule has 0 bridgehead atoms. The van der Waals surface area contributed by atoms with Crippen LogP contribution in [0.25, 0.3) is 10.9 Å². The number of alkyl halides is 3. The highest BCUT2D eigenvalue weighted by Crippen LogP contribution is 2.30. The van der Waals surface area contributed by atoms with Gasteiger partial charge < -0.3 is 0 Å². The van der Waals surface area contributed by atoms with Gasteiger partial charge in [-0.2, -0.15) is 18.3 Å². The Labute approximate surface area is 128 Å². The Morgan fingerprint density at radius 3 is 2.65 bits per heavy atom. The van der Waals surface area contributed by atoms with Gasteiger partial charge in [-0.05, 0) is 23.8 Å². The summed E-state index contributed by atoms with van der Waals surface area (Å²) in [6, 6.07) is 9.20. The summed E-state index contributed by atoms with van der Waals surface area (Å²) < 4.78 is 39.7. The van der Waals surface area contributed by atoms with Gasteiger partial charge in [0.25, 0.3) is 5.69 Å². The maximum absolute atomic E-state index is 12.7. The molecule has 5 nitrogen and oxygen atoms in total. The molecule has 1 aromatic heterocycles. The van der Waals surface area contributed by atoms with E-state index in [1.807, 2.05) is 0 Å². The molecule has 0 saturated heterocycles. The van der Waals surface area contributed by atoms with Gasteiger partial charge in [0, 0.05) is 17.5 Å². The summed E-state index contributed by atoms with van der Waals surface area (Å²) >= 11 is 0. The largest absolute Gasteiger partial charge is 0.416 e. The fourth-order valence-corrected chi connectivity index (χ4v) is 2.32. The maximum Gasteiger partial charge on any atom is 0.416 e. The van der Waals surface area contributed by atoms with Crippen molar-refractivity contribution < 1.29 is 18.1 Å². The van der Waals surface area contributed by atoms with Crippen molar-refractivity contribution >= 4 is 16.6 Å². The van der Waals surface area contributed by atoms with Gasteiger partial charge >= 0.3 is 6.18 Å². The summed E-state index contributed by atoms with van der Waals surface area (Å²) in [5.74, 6) is 0. The monoisotopic (exact) mass is 321 g/mol. The van der Waals surface area contributed by atoms with Crippen LogP contribution in [0.3, 0.4) is 0 Å².